The van der Waals surface area contributed by atoms with Gasteiger partial charge in [-0.3, -0.25) is 15.1 Å². The van der Waals surface area contributed by atoms with E-state index in [2.05, 4.69) is 17.6 Å². The second kappa shape index (κ2) is 8.11. The number of fused-ring (bicyclic) bond motifs is 4. The second-order valence-corrected chi connectivity index (χ2v) is 9.32. The first-order chi connectivity index (χ1) is 15.5. The molecule has 6 rings (SSSR count). The van der Waals surface area contributed by atoms with Crippen molar-refractivity contribution in [1.82, 2.24) is 4.98 Å². The fourth-order valence-electron chi connectivity index (χ4n) is 6.05. The van der Waals surface area contributed by atoms with Crippen LogP contribution in [0.4, 0.5) is 5.69 Å². The summed E-state index contributed by atoms with van der Waals surface area (Å²) in [4.78, 5) is 15.2. The SMILES string of the molecule is C=C[C@H]1C[N@+]2(Cc3ccc([N+](=O)[O-])cc3)CC[C@H]1C[C@@H]2[C@H](O)c1ccnc2ccccc12. The number of nitro benzene ring substituents is 1. The van der Waals surface area contributed by atoms with Crippen molar-refractivity contribution in [2.45, 2.75) is 31.5 Å². The average Bonchev–Trinajstić information content (AvgIpc) is 2.83. The predicted molar refractivity (Wildman–Crippen MR) is 124 cm³/mol. The van der Waals surface area contributed by atoms with Gasteiger partial charge in [0, 0.05) is 48.0 Å². The minimum absolute atomic E-state index is 0.0611. The summed E-state index contributed by atoms with van der Waals surface area (Å²) in [5.74, 6) is 0.969. The molecule has 5 atom stereocenters. The van der Waals surface area contributed by atoms with Gasteiger partial charge in [0.15, 0.2) is 0 Å². The molecular weight excluding hydrogens is 402 g/mol. The highest BCUT2D eigenvalue weighted by Gasteiger charge is 2.54. The van der Waals surface area contributed by atoms with E-state index < -0.39 is 6.10 Å². The lowest BCUT2D eigenvalue weighted by Crippen LogP contribution is -2.67. The van der Waals surface area contributed by atoms with Crippen molar-refractivity contribution in [3.63, 3.8) is 0 Å². The van der Waals surface area contributed by atoms with Crippen molar-refractivity contribution in [2.24, 2.45) is 11.8 Å². The van der Waals surface area contributed by atoms with E-state index in [4.69, 9.17) is 0 Å². The fraction of sp³-hybridized carbons (Fsp3) is 0.346. The lowest BCUT2D eigenvalue weighted by atomic mass is 9.71. The van der Waals surface area contributed by atoms with Gasteiger partial charge in [-0.1, -0.05) is 24.3 Å². The number of hydrogen-bond acceptors (Lipinski definition) is 4. The molecule has 0 radical (unpaired) electrons. The number of benzene rings is 2. The maximum Gasteiger partial charge on any atom is 0.269 e. The summed E-state index contributed by atoms with van der Waals surface area (Å²) in [6.45, 7) is 6.77. The number of quaternary nitrogens is 1. The monoisotopic (exact) mass is 430 g/mol. The first-order valence-electron chi connectivity index (χ1n) is 11.2. The number of hydrogen-bond donors (Lipinski definition) is 1. The Balaban J connectivity index is 1.52. The summed E-state index contributed by atoms with van der Waals surface area (Å²) < 4.78 is 0.781. The molecule has 164 valence electrons. The van der Waals surface area contributed by atoms with Crippen LogP contribution in [0.15, 0.2) is 73.4 Å². The van der Waals surface area contributed by atoms with Gasteiger partial charge in [-0.2, -0.15) is 0 Å². The van der Waals surface area contributed by atoms with Crippen LogP contribution in [-0.2, 0) is 6.54 Å². The van der Waals surface area contributed by atoms with Crippen LogP contribution < -0.4 is 0 Å². The molecule has 0 unspecified atom stereocenters. The van der Waals surface area contributed by atoms with Crippen LogP contribution in [0.3, 0.4) is 0 Å². The van der Waals surface area contributed by atoms with Gasteiger partial charge < -0.3 is 9.59 Å². The van der Waals surface area contributed by atoms with Crippen LogP contribution >= 0.6 is 0 Å². The number of rotatable bonds is 6. The van der Waals surface area contributed by atoms with Gasteiger partial charge in [0.25, 0.3) is 5.69 Å². The lowest BCUT2D eigenvalue weighted by molar-refractivity contribution is -0.984. The van der Waals surface area contributed by atoms with Crippen molar-refractivity contribution >= 4 is 16.6 Å². The van der Waals surface area contributed by atoms with Gasteiger partial charge in [0.05, 0.1) is 23.5 Å². The standard InChI is InChI=1S/C26H28N3O3/c1-2-19-17-29(16-18-7-9-21(10-8-18)28(31)32)14-12-20(19)15-25(29)26(30)23-11-13-27-24-6-4-3-5-22(23)24/h2-11,13,19-20,25-26,30H,1,12,14-17H2/q+1/t19-,20-,25+,26+,29+/m0/s1. The number of pyridine rings is 1. The Morgan fingerprint density at radius 3 is 2.75 bits per heavy atom. The molecule has 3 saturated heterocycles. The molecule has 0 spiro atoms. The van der Waals surface area contributed by atoms with Crippen LogP contribution in [0.5, 0.6) is 0 Å². The highest BCUT2D eigenvalue weighted by Crippen LogP contribution is 2.48. The molecule has 4 heterocycles. The lowest BCUT2D eigenvalue weighted by Gasteiger charge is -2.58. The van der Waals surface area contributed by atoms with Gasteiger partial charge in [-0.25, -0.2) is 0 Å². The van der Waals surface area contributed by atoms with Gasteiger partial charge >= 0.3 is 0 Å². The van der Waals surface area contributed by atoms with Gasteiger partial charge in [-0.05, 0) is 35.7 Å². The first kappa shape index (κ1) is 20.8. The summed E-state index contributed by atoms with van der Waals surface area (Å²) in [5, 5.41) is 23.8. The third-order valence-electron chi connectivity index (χ3n) is 7.69. The first-order valence-corrected chi connectivity index (χ1v) is 11.2. The Hall–Kier alpha value is -3.09. The van der Waals surface area contributed by atoms with Crippen molar-refractivity contribution in [3.05, 3.63) is 94.7 Å². The highest BCUT2D eigenvalue weighted by molar-refractivity contribution is 5.82. The maximum absolute atomic E-state index is 11.7. The molecule has 1 aromatic heterocycles. The molecule has 0 amide bonds. The molecule has 3 aromatic rings. The van der Waals surface area contributed by atoms with Crippen molar-refractivity contribution in [2.75, 3.05) is 13.1 Å². The number of nitrogens with zero attached hydrogens (tertiary/aromatic N) is 3. The number of aliphatic hydroxyl groups excluding tert-OH is 1. The number of aromatic nitrogens is 1. The normalized spacial score (nSPS) is 27.8. The van der Waals surface area contributed by atoms with E-state index in [-0.39, 0.29) is 16.7 Å². The van der Waals surface area contributed by atoms with Crippen LogP contribution in [0.25, 0.3) is 10.9 Å². The molecule has 6 nitrogen and oxygen atoms in total. The summed E-state index contributed by atoms with van der Waals surface area (Å²) in [5.41, 5.74) is 3.00. The molecule has 6 heteroatoms. The van der Waals surface area contributed by atoms with Crippen LogP contribution in [-0.4, -0.2) is 38.6 Å². The summed E-state index contributed by atoms with van der Waals surface area (Å²) in [7, 11) is 0. The number of non-ortho nitro benzene ring substituents is 1. The molecule has 2 bridgehead atoms. The van der Waals surface area contributed by atoms with Crippen molar-refractivity contribution in [1.29, 1.82) is 0 Å². The Bertz CT molecular complexity index is 1160. The topological polar surface area (TPSA) is 76.3 Å². The van der Waals surface area contributed by atoms with Gasteiger partial charge in [0.1, 0.15) is 18.7 Å². The van der Waals surface area contributed by atoms with Crippen LogP contribution in [0.1, 0.15) is 30.1 Å². The van der Waals surface area contributed by atoms with E-state index in [1.165, 1.54) is 0 Å². The molecular formula is C26H28N3O3+. The molecule has 0 saturated carbocycles. The molecule has 3 fully saturated rings. The summed E-state index contributed by atoms with van der Waals surface area (Å²) >= 11 is 0. The molecule has 0 aliphatic carbocycles. The quantitative estimate of drug-likeness (QED) is 0.264. The van der Waals surface area contributed by atoms with E-state index in [1.54, 1.807) is 18.3 Å². The minimum Gasteiger partial charge on any atom is -0.382 e. The molecule has 32 heavy (non-hydrogen) atoms. The molecule has 3 aliphatic heterocycles. The summed E-state index contributed by atoms with van der Waals surface area (Å²) in [6.07, 6.45) is 5.32. The number of aliphatic hydroxyl groups is 1. The number of piperidine rings is 3. The maximum atomic E-state index is 11.7. The average molecular weight is 431 g/mol. The van der Waals surface area contributed by atoms with E-state index in [9.17, 15) is 15.2 Å². The predicted octanol–water partition coefficient (Wildman–Crippen LogP) is 4.79. The highest BCUT2D eigenvalue weighted by atomic mass is 16.6. The number of nitro groups is 1. The van der Waals surface area contributed by atoms with Crippen LogP contribution in [0, 0.1) is 22.0 Å². The van der Waals surface area contributed by atoms with Crippen LogP contribution in [0.2, 0.25) is 0 Å². The molecule has 1 N–H and O–H groups in total. The van der Waals surface area contributed by atoms with E-state index in [1.807, 2.05) is 42.5 Å². The molecule has 2 aromatic carbocycles. The van der Waals surface area contributed by atoms with E-state index >= 15 is 0 Å². The third kappa shape index (κ3) is 3.49. The summed E-state index contributed by atoms with van der Waals surface area (Å²) in [6, 6.07) is 16.9. The number of para-hydroxylation sites is 1. The van der Waals surface area contributed by atoms with Gasteiger partial charge in [-0.15, -0.1) is 6.58 Å². The zero-order chi connectivity index (χ0) is 22.3. The van der Waals surface area contributed by atoms with E-state index in [0.717, 1.165) is 59.0 Å². The largest absolute Gasteiger partial charge is 0.382 e. The van der Waals surface area contributed by atoms with Crippen molar-refractivity contribution < 1.29 is 14.5 Å². The second-order valence-electron chi connectivity index (χ2n) is 9.32. The minimum atomic E-state index is -0.602. The third-order valence-corrected chi connectivity index (χ3v) is 7.69. The smallest absolute Gasteiger partial charge is 0.269 e. The Morgan fingerprint density at radius 1 is 1.22 bits per heavy atom. The Kier molecular flexibility index (Phi) is 5.27. The Morgan fingerprint density at radius 2 is 2.00 bits per heavy atom. The fourth-order valence-corrected chi connectivity index (χ4v) is 6.05. The van der Waals surface area contributed by atoms with E-state index in [0.29, 0.717) is 11.8 Å². The van der Waals surface area contributed by atoms with Crippen molar-refractivity contribution in [3.8, 4) is 0 Å². The van der Waals surface area contributed by atoms with Gasteiger partial charge in [0.2, 0.25) is 0 Å². The Labute approximate surface area is 187 Å². The zero-order valence-corrected chi connectivity index (χ0v) is 18.0. The molecule has 3 aliphatic rings. The zero-order valence-electron chi connectivity index (χ0n) is 18.0.